The minimum atomic E-state index is -4.65. The molecule has 0 spiro atoms. The third kappa shape index (κ3) is 23.7. The Morgan fingerprint density at radius 2 is 1.37 bits per heavy atom. The van der Waals surface area contributed by atoms with E-state index in [2.05, 4.69) is 19.1 Å². The van der Waals surface area contributed by atoms with Gasteiger partial charge in [0, 0.05) is 6.61 Å². The van der Waals surface area contributed by atoms with E-state index in [1.807, 2.05) is 0 Å². The Morgan fingerprint density at radius 3 is 1.89 bits per heavy atom. The number of aliphatic hydroxyl groups is 1. The van der Waals surface area contributed by atoms with Crippen LogP contribution in [0.25, 0.3) is 0 Å². The maximum absolute atomic E-state index is 12.5. The Kier molecular flexibility index (Phi) is 19.0. The van der Waals surface area contributed by atoms with Crippen molar-refractivity contribution in [1.29, 1.82) is 0 Å². The highest BCUT2D eigenvalue weighted by molar-refractivity contribution is 7.52. The van der Waals surface area contributed by atoms with E-state index in [0.717, 1.165) is 12.8 Å². The largest absolute Gasteiger partial charge is 0.390 e. The molecule has 0 aromatic carbocycles. The molecular weight excluding hydrogens is 366 g/mol. The van der Waals surface area contributed by atoms with Crippen LogP contribution in [0.5, 0.6) is 0 Å². The van der Waals surface area contributed by atoms with E-state index in [0.29, 0.717) is 6.61 Å². The number of ether oxygens (including phenoxy) is 1. The molecule has 0 aliphatic carbocycles. The van der Waals surface area contributed by atoms with E-state index in [1.165, 1.54) is 77.0 Å². The summed E-state index contributed by atoms with van der Waals surface area (Å²) in [6.45, 7) is 2.67. The fourth-order valence-corrected chi connectivity index (χ4v) is 3.61. The van der Waals surface area contributed by atoms with Crippen LogP contribution in [0.1, 0.15) is 96.8 Å². The molecule has 2 atom stereocenters. The van der Waals surface area contributed by atoms with E-state index in [1.54, 1.807) is 0 Å². The van der Waals surface area contributed by atoms with Gasteiger partial charge in [-0.15, -0.1) is 0 Å². The molecule has 2 unspecified atom stereocenters. The third-order valence-corrected chi connectivity index (χ3v) is 5.42. The Morgan fingerprint density at radius 1 is 0.889 bits per heavy atom. The summed E-state index contributed by atoms with van der Waals surface area (Å²) in [5.74, 6) is 0. The van der Waals surface area contributed by atoms with Gasteiger partial charge >= 0.3 is 7.68 Å². The highest BCUT2D eigenvalue weighted by atomic mass is 31.2. The van der Waals surface area contributed by atoms with Gasteiger partial charge in [0.15, 0.2) is 0 Å². The second-order valence-electron chi connectivity index (χ2n) is 7.47. The average Bonchev–Trinajstić information content (AvgIpc) is 2.59. The first kappa shape index (κ1) is 26.8. The summed E-state index contributed by atoms with van der Waals surface area (Å²) in [6.07, 6.45) is 20.1. The van der Waals surface area contributed by atoms with Crippen LogP contribution in [-0.2, 0) is 9.30 Å². The van der Waals surface area contributed by atoms with Gasteiger partial charge in [0.1, 0.15) is 0 Å². The fourth-order valence-electron chi connectivity index (χ4n) is 2.98. The molecule has 0 aromatic heterocycles. The van der Waals surface area contributed by atoms with E-state index in [-0.39, 0.29) is 6.61 Å². The molecule has 2 N–H and O–H groups in total. The molecule has 0 saturated carbocycles. The first-order valence-corrected chi connectivity index (χ1v) is 12.6. The van der Waals surface area contributed by atoms with Gasteiger partial charge in [-0.05, 0) is 32.1 Å². The molecule has 0 aliphatic heterocycles. The van der Waals surface area contributed by atoms with Crippen molar-refractivity contribution in [2.45, 2.75) is 103 Å². The van der Waals surface area contributed by atoms with Crippen LogP contribution >= 0.6 is 7.68 Å². The zero-order chi connectivity index (χ0) is 20.2. The Balaban J connectivity index is 3.20. The molecule has 27 heavy (non-hydrogen) atoms. The lowest BCUT2D eigenvalue weighted by Gasteiger charge is -2.11. The van der Waals surface area contributed by atoms with Crippen molar-refractivity contribution in [3.63, 3.8) is 0 Å². The van der Waals surface area contributed by atoms with Crippen LogP contribution in [0, 0.1) is 0 Å². The maximum atomic E-state index is 12.5. The summed E-state index contributed by atoms with van der Waals surface area (Å²) < 4.78 is 28.2. The van der Waals surface area contributed by atoms with Gasteiger partial charge in [0.05, 0.1) is 18.9 Å². The standard InChI is InChI=1S/C21H42FO4P/c1-2-3-4-5-6-7-8-9-10-11-12-13-14-15-16-17-18-26-19-21(23)20-27(22,24)25/h9-10,21,23H,2-8,11-20H2,1H3,(H,24,25)/b10-9-. The van der Waals surface area contributed by atoms with Crippen molar-refractivity contribution in [2.24, 2.45) is 0 Å². The van der Waals surface area contributed by atoms with E-state index in [9.17, 15) is 13.9 Å². The van der Waals surface area contributed by atoms with E-state index in [4.69, 9.17) is 9.63 Å². The van der Waals surface area contributed by atoms with Gasteiger partial charge in [-0.3, -0.25) is 4.57 Å². The normalized spacial score (nSPS) is 15.3. The molecule has 6 heteroatoms. The lowest BCUT2D eigenvalue weighted by atomic mass is 10.1. The number of aliphatic hydroxyl groups excluding tert-OH is 1. The zero-order valence-corrected chi connectivity index (χ0v) is 18.2. The van der Waals surface area contributed by atoms with Crippen molar-refractivity contribution in [1.82, 2.24) is 0 Å². The van der Waals surface area contributed by atoms with Crippen molar-refractivity contribution >= 4 is 7.68 Å². The molecule has 4 nitrogen and oxygen atoms in total. The predicted octanol–water partition coefficient (Wildman–Crippen LogP) is 6.56. The van der Waals surface area contributed by atoms with Crippen LogP contribution in [0.2, 0.25) is 0 Å². The lowest BCUT2D eigenvalue weighted by Crippen LogP contribution is -2.19. The van der Waals surface area contributed by atoms with Crippen molar-refractivity contribution in [2.75, 3.05) is 19.4 Å². The average molecular weight is 409 g/mol. The van der Waals surface area contributed by atoms with Gasteiger partial charge in [0.25, 0.3) is 0 Å². The van der Waals surface area contributed by atoms with Crippen LogP contribution in [-0.4, -0.2) is 35.5 Å². The monoisotopic (exact) mass is 408 g/mol. The minimum Gasteiger partial charge on any atom is -0.390 e. The second kappa shape index (κ2) is 19.1. The topological polar surface area (TPSA) is 66.8 Å². The Hall–Kier alpha value is -0.220. The molecule has 0 rings (SSSR count). The molecule has 0 bridgehead atoms. The highest BCUT2D eigenvalue weighted by Gasteiger charge is 2.21. The molecule has 0 aromatic rings. The summed E-state index contributed by atoms with van der Waals surface area (Å²) in [7, 11) is -4.65. The molecule has 162 valence electrons. The summed E-state index contributed by atoms with van der Waals surface area (Å²) in [6, 6.07) is 0. The summed E-state index contributed by atoms with van der Waals surface area (Å²) in [4.78, 5) is 8.51. The molecule has 0 heterocycles. The van der Waals surface area contributed by atoms with Gasteiger partial charge in [0.2, 0.25) is 0 Å². The summed E-state index contributed by atoms with van der Waals surface area (Å²) in [5.41, 5.74) is 0. The van der Waals surface area contributed by atoms with Gasteiger partial charge in [-0.25, -0.2) is 0 Å². The zero-order valence-electron chi connectivity index (χ0n) is 17.3. The second-order valence-corrected chi connectivity index (χ2v) is 9.06. The number of allylic oxidation sites excluding steroid dienone is 2. The van der Waals surface area contributed by atoms with Crippen molar-refractivity contribution < 1.29 is 23.5 Å². The van der Waals surface area contributed by atoms with Crippen LogP contribution in [0.15, 0.2) is 12.2 Å². The van der Waals surface area contributed by atoms with Crippen LogP contribution in [0.4, 0.5) is 4.20 Å². The molecule has 0 aliphatic rings. The first-order chi connectivity index (χ1) is 13.0. The molecule has 0 fully saturated rings. The molecule has 0 radical (unpaired) electrons. The predicted molar refractivity (Wildman–Crippen MR) is 112 cm³/mol. The number of hydrogen-bond donors (Lipinski definition) is 2. The van der Waals surface area contributed by atoms with Gasteiger partial charge < -0.3 is 14.7 Å². The van der Waals surface area contributed by atoms with Gasteiger partial charge in [-0.2, -0.15) is 4.20 Å². The highest BCUT2D eigenvalue weighted by Crippen LogP contribution is 2.42. The van der Waals surface area contributed by atoms with Crippen molar-refractivity contribution in [3.05, 3.63) is 12.2 Å². The number of rotatable bonds is 20. The number of unbranched alkanes of at least 4 members (excludes halogenated alkanes) is 12. The molecular formula is C21H42FO4P. The number of hydrogen-bond acceptors (Lipinski definition) is 3. The molecule has 0 saturated heterocycles. The van der Waals surface area contributed by atoms with Crippen LogP contribution < -0.4 is 0 Å². The quantitative estimate of drug-likeness (QED) is 0.136. The molecule has 0 amide bonds. The Bertz CT molecular complexity index is 384. The number of halogens is 1. The fraction of sp³-hybridized carbons (Fsp3) is 0.905. The van der Waals surface area contributed by atoms with E-state index < -0.39 is 19.9 Å². The third-order valence-electron chi connectivity index (χ3n) is 4.55. The van der Waals surface area contributed by atoms with E-state index >= 15 is 0 Å². The van der Waals surface area contributed by atoms with Crippen LogP contribution in [0.3, 0.4) is 0 Å². The maximum Gasteiger partial charge on any atom is 0.367 e. The summed E-state index contributed by atoms with van der Waals surface area (Å²) >= 11 is 0. The SMILES string of the molecule is CCCCCCCC/C=C\CCCCCCCCOCC(O)CP(=O)(O)F. The lowest BCUT2D eigenvalue weighted by molar-refractivity contribution is 0.0444. The van der Waals surface area contributed by atoms with Crippen molar-refractivity contribution in [3.8, 4) is 0 Å². The smallest absolute Gasteiger partial charge is 0.367 e. The van der Waals surface area contributed by atoms with Gasteiger partial charge in [-0.1, -0.05) is 76.9 Å². The Labute approximate surface area is 166 Å². The minimum absolute atomic E-state index is 0.0838. The summed E-state index contributed by atoms with van der Waals surface area (Å²) in [5, 5.41) is 9.32. The first-order valence-electron chi connectivity index (χ1n) is 10.9.